The largest absolute Gasteiger partial charge is 0.437 e. The third-order valence-corrected chi connectivity index (χ3v) is 2.77. The van der Waals surface area contributed by atoms with E-state index in [2.05, 4.69) is 9.97 Å². The van der Waals surface area contributed by atoms with Crippen LogP contribution in [0.5, 0.6) is 11.6 Å². The van der Waals surface area contributed by atoms with Gasteiger partial charge in [-0.05, 0) is 30.3 Å². The van der Waals surface area contributed by atoms with Gasteiger partial charge in [0, 0.05) is 5.56 Å². The van der Waals surface area contributed by atoms with Gasteiger partial charge in [-0.2, -0.15) is 0 Å². The van der Waals surface area contributed by atoms with E-state index in [1.165, 1.54) is 0 Å². The van der Waals surface area contributed by atoms with Crippen molar-refractivity contribution in [3.05, 3.63) is 60.3 Å². The maximum atomic E-state index is 11.1. The van der Waals surface area contributed by atoms with Gasteiger partial charge in [-0.25, -0.2) is 9.97 Å². The fraction of sp³-hybridized carbons (Fsp3) is 0. The van der Waals surface area contributed by atoms with Crippen LogP contribution in [0.25, 0.3) is 11.0 Å². The molecule has 3 aromatic rings. The third-order valence-electron chi connectivity index (χ3n) is 2.77. The molecule has 0 spiro atoms. The van der Waals surface area contributed by atoms with E-state index in [1.54, 1.807) is 30.5 Å². The van der Waals surface area contributed by atoms with Crippen LogP contribution in [-0.2, 0) is 0 Å². The maximum absolute atomic E-state index is 11.1. The van der Waals surface area contributed by atoms with Crippen molar-refractivity contribution in [1.29, 1.82) is 0 Å². The van der Waals surface area contributed by atoms with Crippen molar-refractivity contribution in [1.82, 2.24) is 9.97 Å². The summed E-state index contributed by atoms with van der Waals surface area (Å²) in [5.74, 6) is 0.358. The van der Waals surface area contributed by atoms with Gasteiger partial charge in [-0.1, -0.05) is 18.2 Å². The Labute approximate surface area is 115 Å². The number of para-hydroxylation sites is 2. The van der Waals surface area contributed by atoms with E-state index >= 15 is 0 Å². The molecule has 98 valence electrons. The zero-order chi connectivity index (χ0) is 13.9. The lowest BCUT2D eigenvalue weighted by Gasteiger charge is -2.06. The predicted octanol–water partition coefficient (Wildman–Crippen LogP) is 2.52. The summed E-state index contributed by atoms with van der Waals surface area (Å²) in [4.78, 5) is 19.7. The first-order valence-electron chi connectivity index (χ1n) is 6.02. The van der Waals surface area contributed by atoms with Gasteiger partial charge in [0.15, 0.2) is 0 Å². The van der Waals surface area contributed by atoms with Crippen LogP contribution in [0.2, 0.25) is 0 Å². The van der Waals surface area contributed by atoms with Gasteiger partial charge in [0.05, 0.1) is 17.2 Å². The Kier molecular flexibility index (Phi) is 3.01. The monoisotopic (exact) mass is 265 g/mol. The predicted molar refractivity (Wildman–Crippen MR) is 74.6 cm³/mol. The third kappa shape index (κ3) is 2.42. The van der Waals surface area contributed by atoms with Crippen molar-refractivity contribution < 1.29 is 9.53 Å². The van der Waals surface area contributed by atoms with Crippen molar-refractivity contribution in [3.8, 4) is 11.6 Å². The van der Waals surface area contributed by atoms with Crippen LogP contribution < -0.4 is 10.5 Å². The average molecular weight is 265 g/mol. The molecule has 0 aliphatic carbocycles. The molecule has 3 rings (SSSR count). The molecule has 2 aromatic carbocycles. The van der Waals surface area contributed by atoms with Gasteiger partial charge in [0.2, 0.25) is 11.8 Å². The summed E-state index contributed by atoms with van der Waals surface area (Å²) in [6.07, 6.45) is 1.54. The van der Waals surface area contributed by atoms with Crippen molar-refractivity contribution in [3.63, 3.8) is 0 Å². The highest BCUT2D eigenvalue weighted by Crippen LogP contribution is 2.21. The number of aromatic nitrogens is 2. The lowest BCUT2D eigenvalue weighted by atomic mass is 10.2. The van der Waals surface area contributed by atoms with Crippen LogP contribution in [0, 0.1) is 0 Å². The van der Waals surface area contributed by atoms with Crippen LogP contribution in [0.3, 0.4) is 0 Å². The molecule has 0 saturated carbocycles. The summed E-state index contributed by atoms with van der Waals surface area (Å²) in [5.41, 5.74) is 7.16. The number of hydrogen-bond donors (Lipinski definition) is 1. The number of amides is 1. The van der Waals surface area contributed by atoms with Crippen LogP contribution in [0.4, 0.5) is 0 Å². The van der Waals surface area contributed by atoms with E-state index in [4.69, 9.17) is 10.5 Å². The minimum atomic E-state index is -0.500. The summed E-state index contributed by atoms with van der Waals surface area (Å²) in [7, 11) is 0. The molecule has 5 heteroatoms. The molecule has 1 amide bonds. The molecule has 0 aliphatic rings. The lowest BCUT2D eigenvalue weighted by Crippen LogP contribution is -2.10. The number of carbonyl (C=O) groups excluding carboxylic acids is 1. The van der Waals surface area contributed by atoms with Gasteiger partial charge >= 0.3 is 0 Å². The highest BCUT2D eigenvalue weighted by Gasteiger charge is 2.05. The molecule has 1 heterocycles. The normalized spacial score (nSPS) is 10.4. The molecule has 0 radical (unpaired) electrons. The van der Waals surface area contributed by atoms with Crippen LogP contribution in [0.15, 0.2) is 54.7 Å². The molecular weight excluding hydrogens is 254 g/mol. The van der Waals surface area contributed by atoms with E-state index in [-0.39, 0.29) is 0 Å². The summed E-state index contributed by atoms with van der Waals surface area (Å²) in [5, 5.41) is 0. The fourth-order valence-electron chi connectivity index (χ4n) is 1.82. The smallest absolute Gasteiger partial charge is 0.248 e. The molecule has 2 N–H and O–H groups in total. The molecule has 0 saturated heterocycles. The SMILES string of the molecule is NC(=O)c1cccc(Oc2cnc3ccccc3n2)c1. The van der Waals surface area contributed by atoms with Gasteiger partial charge < -0.3 is 10.5 Å². The van der Waals surface area contributed by atoms with Crippen molar-refractivity contribution in [2.75, 3.05) is 0 Å². The number of benzene rings is 2. The van der Waals surface area contributed by atoms with Crippen LogP contribution in [0.1, 0.15) is 10.4 Å². The highest BCUT2D eigenvalue weighted by atomic mass is 16.5. The quantitative estimate of drug-likeness (QED) is 0.789. The Morgan fingerprint density at radius 3 is 2.65 bits per heavy atom. The van der Waals surface area contributed by atoms with E-state index in [0.29, 0.717) is 17.2 Å². The number of carbonyl (C=O) groups is 1. The first-order chi connectivity index (χ1) is 9.72. The van der Waals surface area contributed by atoms with Crippen molar-refractivity contribution in [2.24, 2.45) is 5.73 Å². The fourth-order valence-corrected chi connectivity index (χ4v) is 1.82. The zero-order valence-corrected chi connectivity index (χ0v) is 10.5. The molecule has 5 nitrogen and oxygen atoms in total. The van der Waals surface area contributed by atoms with Gasteiger partial charge in [-0.15, -0.1) is 0 Å². The second kappa shape index (κ2) is 4.97. The van der Waals surface area contributed by atoms with Gasteiger partial charge in [0.25, 0.3) is 0 Å². The van der Waals surface area contributed by atoms with Crippen molar-refractivity contribution >= 4 is 16.9 Å². The number of hydrogen-bond acceptors (Lipinski definition) is 4. The van der Waals surface area contributed by atoms with E-state index < -0.39 is 5.91 Å². The average Bonchev–Trinajstić information content (AvgIpc) is 2.47. The first-order valence-corrected chi connectivity index (χ1v) is 6.02. The molecule has 0 unspecified atom stereocenters. The topological polar surface area (TPSA) is 78.1 Å². The van der Waals surface area contributed by atoms with Crippen molar-refractivity contribution in [2.45, 2.75) is 0 Å². The van der Waals surface area contributed by atoms with E-state index in [9.17, 15) is 4.79 Å². The van der Waals surface area contributed by atoms with Crippen LogP contribution >= 0.6 is 0 Å². The number of primary amides is 1. The maximum Gasteiger partial charge on any atom is 0.248 e. The Morgan fingerprint density at radius 1 is 1.05 bits per heavy atom. The van der Waals surface area contributed by atoms with Gasteiger partial charge in [0.1, 0.15) is 5.75 Å². The highest BCUT2D eigenvalue weighted by molar-refractivity contribution is 5.93. The van der Waals surface area contributed by atoms with E-state index in [0.717, 1.165) is 11.0 Å². The minimum absolute atomic E-state index is 0.366. The molecule has 1 aromatic heterocycles. The summed E-state index contributed by atoms with van der Waals surface area (Å²) < 4.78 is 5.60. The van der Waals surface area contributed by atoms with Gasteiger partial charge in [-0.3, -0.25) is 4.79 Å². The molecule has 0 bridgehead atoms. The van der Waals surface area contributed by atoms with Crippen LogP contribution in [-0.4, -0.2) is 15.9 Å². The molecule has 0 fully saturated rings. The summed E-state index contributed by atoms with van der Waals surface area (Å²) in [6.45, 7) is 0. The number of nitrogens with two attached hydrogens (primary N) is 1. The number of nitrogens with zero attached hydrogens (tertiary/aromatic N) is 2. The second-order valence-corrected chi connectivity index (χ2v) is 4.19. The first kappa shape index (κ1) is 12.1. The standard InChI is InChI=1S/C15H11N3O2/c16-15(19)10-4-3-5-11(8-10)20-14-9-17-12-6-1-2-7-13(12)18-14/h1-9H,(H2,16,19). The number of rotatable bonds is 3. The Hall–Kier alpha value is -2.95. The second-order valence-electron chi connectivity index (χ2n) is 4.19. The molecule has 0 atom stereocenters. The van der Waals surface area contributed by atoms with E-state index in [1.807, 2.05) is 24.3 Å². The minimum Gasteiger partial charge on any atom is -0.437 e. The Bertz CT molecular complexity index is 787. The Balaban J connectivity index is 1.92. The molecule has 20 heavy (non-hydrogen) atoms. The molecule has 0 aliphatic heterocycles. The Morgan fingerprint density at radius 2 is 1.85 bits per heavy atom. The summed E-state index contributed by atoms with van der Waals surface area (Å²) >= 11 is 0. The zero-order valence-electron chi connectivity index (χ0n) is 10.5. The number of ether oxygens (including phenoxy) is 1. The number of fused-ring (bicyclic) bond motifs is 1. The molecular formula is C15H11N3O2. The lowest BCUT2D eigenvalue weighted by molar-refractivity contribution is 0.1000. The summed E-state index contributed by atoms with van der Waals surface area (Å²) in [6, 6.07) is 14.1.